The van der Waals surface area contributed by atoms with Crippen LogP contribution in [-0.4, -0.2) is 32.0 Å². The second-order valence-corrected chi connectivity index (χ2v) is 8.38. The van der Waals surface area contributed by atoms with E-state index in [0.29, 0.717) is 29.2 Å². The SMILES string of the molecule is COc1ccc(CN(c2ncns2)S(=O)(=O)c2cc(F)c(C#N)cc2F)c(OC)c1. The third-order valence-electron chi connectivity index (χ3n) is 4.08. The molecule has 1 heterocycles. The molecule has 12 heteroatoms. The number of hydrogen-bond acceptors (Lipinski definition) is 8. The van der Waals surface area contributed by atoms with E-state index in [2.05, 4.69) is 9.36 Å². The second kappa shape index (κ2) is 8.60. The van der Waals surface area contributed by atoms with Crippen LogP contribution in [0.3, 0.4) is 0 Å². The van der Waals surface area contributed by atoms with Gasteiger partial charge in [0, 0.05) is 23.2 Å². The van der Waals surface area contributed by atoms with Gasteiger partial charge in [-0.25, -0.2) is 26.5 Å². The van der Waals surface area contributed by atoms with Crippen molar-refractivity contribution in [2.45, 2.75) is 11.4 Å². The molecule has 30 heavy (non-hydrogen) atoms. The van der Waals surface area contributed by atoms with Crippen molar-refractivity contribution in [3.8, 4) is 17.6 Å². The second-order valence-electron chi connectivity index (χ2n) is 5.79. The molecule has 1 aromatic heterocycles. The van der Waals surface area contributed by atoms with Crippen LogP contribution in [-0.2, 0) is 16.6 Å². The van der Waals surface area contributed by atoms with Crippen LogP contribution in [0.15, 0.2) is 41.6 Å². The first-order chi connectivity index (χ1) is 14.3. The summed E-state index contributed by atoms with van der Waals surface area (Å²) in [6.45, 7) is -0.300. The monoisotopic (exact) mass is 452 g/mol. The van der Waals surface area contributed by atoms with Gasteiger partial charge in [0.25, 0.3) is 10.0 Å². The lowest BCUT2D eigenvalue weighted by Crippen LogP contribution is -2.31. The van der Waals surface area contributed by atoms with Crippen LogP contribution < -0.4 is 13.8 Å². The Balaban J connectivity index is 2.12. The molecule has 0 N–H and O–H groups in total. The molecule has 0 fully saturated rings. The number of aromatic nitrogens is 2. The molecule has 3 aromatic rings. The molecular formula is C18H14F2N4O4S2. The summed E-state index contributed by atoms with van der Waals surface area (Å²) in [7, 11) is -1.74. The van der Waals surface area contributed by atoms with E-state index in [-0.39, 0.29) is 11.7 Å². The molecule has 0 saturated heterocycles. The number of hydrogen-bond donors (Lipinski definition) is 0. The zero-order valence-electron chi connectivity index (χ0n) is 15.7. The van der Waals surface area contributed by atoms with E-state index in [0.717, 1.165) is 22.2 Å². The Morgan fingerprint density at radius 1 is 1.17 bits per heavy atom. The lowest BCUT2D eigenvalue weighted by atomic mass is 10.2. The molecule has 0 atom stereocenters. The average Bonchev–Trinajstić information content (AvgIpc) is 3.27. The fourth-order valence-electron chi connectivity index (χ4n) is 2.60. The van der Waals surface area contributed by atoms with E-state index in [1.54, 1.807) is 18.2 Å². The van der Waals surface area contributed by atoms with Gasteiger partial charge in [-0.05, 0) is 24.3 Å². The van der Waals surface area contributed by atoms with Gasteiger partial charge < -0.3 is 9.47 Å². The molecule has 0 aliphatic carbocycles. The number of anilines is 1. The van der Waals surface area contributed by atoms with Gasteiger partial charge in [-0.1, -0.05) is 0 Å². The van der Waals surface area contributed by atoms with Crippen molar-refractivity contribution in [3.05, 3.63) is 59.4 Å². The number of halogens is 2. The maximum Gasteiger partial charge on any atom is 0.269 e. The Kier molecular flexibility index (Phi) is 6.14. The fraction of sp³-hybridized carbons (Fsp3) is 0.167. The number of rotatable bonds is 7. The molecule has 0 bridgehead atoms. The summed E-state index contributed by atoms with van der Waals surface area (Å²) < 4.78 is 70.0. The van der Waals surface area contributed by atoms with Crippen LogP contribution in [0.5, 0.6) is 11.5 Å². The van der Waals surface area contributed by atoms with Crippen LogP contribution in [0.1, 0.15) is 11.1 Å². The molecule has 0 saturated carbocycles. The van der Waals surface area contributed by atoms with Crippen molar-refractivity contribution in [1.29, 1.82) is 5.26 Å². The number of nitrogens with zero attached hydrogens (tertiary/aromatic N) is 4. The Labute approximate surface area is 175 Å². The minimum atomic E-state index is -4.61. The highest BCUT2D eigenvalue weighted by Gasteiger charge is 2.32. The van der Waals surface area contributed by atoms with E-state index in [1.807, 2.05) is 0 Å². The molecule has 0 unspecified atom stereocenters. The molecule has 0 aliphatic heterocycles. The fourth-order valence-corrected chi connectivity index (χ4v) is 4.79. The molecule has 0 amide bonds. The van der Waals surface area contributed by atoms with Crippen molar-refractivity contribution in [2.24, 2.45) is 0 Å². The van der Waals surface area contributed by atoms with Gasteiger partial charge >= 0.3 is 0 Å². The first-order valence-corrected chi connectivity index (χ1v) is 10.4. The van der Waals surface area contributed by atoms with Gasteiger partial charge in [-0.2, -0.15) is 9.64 Å². The van der Waals surface area contributed by atoms with Crippen molar-refractivity contribution in [3.63, 3.8) is 0 Å². The van der Waals surface area contributed by atoms with Crippen molar-refractivity contribution < 1.29 is 26.7 Å². The maximum atomic E-state index is 14.5. The maximum absolute atomic E-state index is 14.5. The Morgan fingerprint density at radius 2 is 1.93 bits per heavy atom. The first-order valence-electron chi connectivity index (χ1n) is 8.21. The standard InChI is InChI=1S/C18H14F2N4O4S2/c1-27-13-4-3-11(16(6-13)28-2)9-24(18-22-10-23-29-18)30(25,26)17-7-14(19)12(8-21)5-15(17)20/h3-7,10H,9H2,1-2H3. The Bertz CT molecular complexity index is 1210. The highest BCUT2D eigenvalue weighted by molar-refractivity contribution is 7.93. The van der Waals surface area contributed by atoms with Gasteiger partial charge in [-0.3, -0.25) is 0 Å². The highest BCUT2D eigenvalue weighted by atomic mass is 32.2. The van der Waals surface area contributed by atoms with Gasteiger partial charge in [0.1, 0.15) is 40.4 Å². The van der Waals surface area contributed by atoms with E-state index in [4.69, 9.17) is 14.7 Å². The first kappa shape index (κ1) is 21.4. The summed E-state index contributed by atoms with van der Waals surface area (Å²) in [6.07, 6.45) is 1.14. The molecular weight excluding hydrogens is 438 g/mol. The summed E-state index contributed by atoms with van der Waals surface area (Å²) >= 11 is 0.762. The summed E-state index contributed by atoms with van der Waals surface area (Å²) in [5, 5.41) is 8.78. The van der Waals surface area contributed by atoms with Crippen LogP contribution in [0.4, 0.5) is 13.9 Å². The molecule has 8 nitrogen and oxygen atoms in total. The largest absolute Gasteiger partial charge is 0.497 e. The normalized spacial score (nSPS) is 11.0. The molecule has 0 spiro atoms. The van der Waals surface area contributed by atoms with E-state index >= 15 is 0 Å². The topological polar surface area (TPSA) is 105 Å². The lowest BCUT2D eigenvalue weighted by Gasteiger charge is -2.23. The van der Waals surface area contributed by atoms with E-state index < -0.39 is 32.1 Å². The van der Waals surface area contributed by atoms with Gasteiger partial charge in [-0.15, -0.1) is 0 Å². The number of nitriles is 1. The Hall–Kier alpha value is -3.30. The summed E-state index contributed by atoms with van der Waals surface area (Å²) in [4.78, 5) is 2.97. The smallest absolute Gasteiger partial charge is 0.269 e. The van der Waals surface area contributed by atoms with Gasteiger partial charge in [0.05, 0.1) is 26.3 Å². The van der Waals surface area contributed by atoms with E-state index in [1.165, 1.54) is 20.3 Å². The predicted octanol–water partition coefficient (Wildman–Crippen LogP) is 3.10. The average molecular weight is 452 g/mol. The quantitative estimate of drug-likeness (QED) is 0.542. The third kappa shape index (κ3) is 4.03. The summed E-state index contributed by atoms with van der Waals surface area (Å²) in [5.41, 5.74) is -0.183. The lowest BCUT2D eigenvalue weighted by molar-refractivity contribution is 0.391. The molecule has 0 radical (unpaired) electrons. The minimum absolute atomic E-state index is 0.0583. The summed E-state index contributed by atoms with van der Waals surface area (Å²) in [6, 6.07) is 7.22. The highest BCUT2D eigenvalue weighted by Crippen LogP contribution is 2.32. The third-order valence-corrected chi connectivity index (χ3v) is 6.64. The zero-order valence-corrected chi connectivity index (χ0v) is 17.3. The van der Waals surface area contributed by atoms with Crippen molar-refractivity contribution in [2.75, 3.05) is 18.5 Å². The van der Waals surface area contributed by atoms with Crippen LogP contribution in [0.25, 0.3) is 0 Å². The molecule has 2 aromatic carbocycles. The van der Waals surface area contributed by atoms with Crippen LogP contribution >= 0.6 is 11.5 Å². The zero-order chi connectivity index (χ0) is 21.9. The number of benzene rings is 2. The number of methoxy groups -OCH3 is 2. The molecule has 3 rings (SSSR count). The predicted molar refractivity (Wildman–Crippen MR) is 104 cm³/mol. The van der Waals surface area contributed by atoms with Crippen molar-refractivity contribution in [1.82, 2.24) is 9.36 Å². The van der Waals surface area contributed by atoms with Gasteiger partial charge in [0.15, 0.2) is 0 Å². The van der Waals surface area contributed by atoms with E-state index in [9.17, 15) is 17.2 Å². The molecule has 156 valence electrons. The van der Waals surface area contributed by atoms with Gasteiger partial charge in [0.2, 0.25) is 5.13 Å². The number of ether oxygens (including phenoxy) is 2. The number of sulfonamides is 1. The minimum Gasteiger partial charge on any atom is -0.497 e. The van der Waals surface area contributed by atoms with Crippen molar-refractivity contribution >= 4 is 26.7 Å². The van der Waals surface area contributed by atoms with Crippen LogP contribution in [0, 0.1) is 23.0 Å². The van der Waals surface area contributed by atoms with Crippen LogP contribution in [0.2, 0.25) is 0 Å². The summed E-state index contributed by atoms with van der Waals surface area (Å²) in [5.74, 6) is -1.60. The molecule has 0 aliphatic rings. The Morgan fingerprint density at radius 3 is 2.53 bits per heavy atom.